The fourth-order valence-corrected chi connectivity index (χ4v) is 3.96. The molecule has 5 heteroatoms. The number of ether oxygens (including phenoxy) is 1. The monoisotopic (exact) mass is 490 g/mol. The van der Waals surface area contributed by atoms with Crippen molar-refractivity contribution in [2.24, 2.45) is 0 Å². The summed E-state index contributed by atoms with van der Waals surface area (Å²) >= 11 is 0. The molecule has 37 heavy (non-hydrogen) atoms. The third kappa shape index (κ3) is 5.96. The number of hydrogen-bond donors (Lipinski definition) is 0. The molecule has 4 aromatic rings. The van der Waals surface area contributed by atoms with Gasteiger partial charge in [-0.15, -0.1) is 0 Å². The second-order valence-electron chi connectivity index (χ2n) is 8.82. The van der Waals surface area contributed by atoms with Crippen LogP contribution in [0.5, 0.6) is 0 Å². The van der Waals surface area contributed by atoms with Crippen molar-refractivity contribution in [2.75, 3.05) is 0 Å². The van der Waals surface area contributed by atoms with Crippen LogP contribution < -0.4 is 0 Å². The molecular weight excluding hydrogens is 464 g/mol. The lowest BCUT2D eigenvalue weighted by Crippen LogP contribution is -2.22. The van der Waals surface area contributed by atoms with Gasteiger partial charge in [-0.1, -0.05) is 97.1 Å². The summed E-state index contributed by atoms with van der Waals surface area (Å²) in [5.41, 5.74) is 3.13. The zero-order valence-electron chi connectivity index (χ0n) is 20.6. The number of carbonyl (C=O) groups excluding carboxylic acids is 4. The van der Waals surface area contributed by atoms with E-state index in [-0.39, 0.29) is 11.6 Å². The molecule has 0 aliphatic carbocycles. The van der Waals surface area contributed by atoms with Gasteiger partial charge >= 0.3 is 11.9 Å². The summed E-state index contributed by atoms with van der Waals surface area (Å²) in [5, 5.41) is 0. The predicted molar refractivity (Wildman–Crippen MR) is 141 cm³/mol. The molecule has 184 valence electrons. The van der Waals surface area contributed by atoms with Crippen LogP contribution in [0.1, 0.15) is 68.7 Å². The summed E-state index contributed by atoms with van der Waals surface area (Å²) in [6.07, 6.45) is 0. The number of esters is 2. The van der Waals surface area contributed by atoms with E-state index < -0.39 is 23.8 Å². The molecule has 0 spiro atoms. The van der Waals surface area contributed by atoms with E-state index in [2.05, 4.69) is 0 Å². The largest absolute Gasteiger partial charge is 0.392 e. The molecule has 0 aliphatic rings. The molecule has 0 heterocycles. The van der Waals surface area contributed by atoms with E-state index in [4.69, 9.17) is 4.74 Å². The number of benzene rings is 4. The standard InChI is InChI=1S/C32H26O5/c1-21(25-15-9-17-27(19-25)29(33)23-11-5-3-6-12-23)31(35)37-32(36)22(2)26-16-10-18-28(20-26)30(34)24-13-7-4-8-14-24/h3-22H,1-2H3. The lowest BCUT2D eigenvalue weighted by Gasteiger charge is -2.15. The Kier molecular flexibility index (Phi) is 7.84. The molecular formula is C32H26O5. The smallest absolute Gasteiger partial charge is 0.320 e. The molecule has 4 aromatic carbocycles. The first-order valence-electron chi connectivity index (χ1n) is 12.0. The molecule has 0 aliphatic heterocycles. The SMILES string of the molecule is CC(C(=O)OC(=O)C(C)c1cccc(C(=O)c2ccccc2)c1)c1cccc(C(=O)c2ccccc2)c1. The Morgan fingerprint density at radius 2 is 0.838 bits per heavy atom. The first-order chi connectivity index (χ1) is 17.8. The Morgan fingerprint density at radius 3 is 1.22 bits per heavy atom. The molecule has 0 saturated carbocycles. The zero-order chi connectivity index (χ0) is 26.4. The van der Waals surface area contributed by atoms with Gasteiger partial charge in [0.05, 0.1) is 11.8 Å². The topological polar surface area (TPSA) is 77.5 Å². The summed E-state index contributed by atoms with van der Waals surface area (Å²) in [6.45, 7) is 3.26. The van der Waals surface area contributed by atoms with E-state index >= 15 is 0 Å². The molecule has 0 aromatic heterocycles. The van der Waals surface area contributed by atoms with Crippen molar-refractivity contribution in [3.8, 4) is 0 Å². The van der Waals surface area contributed by atoms with Crippen LogP contribution in [-0.4, -0.2) is 23.5 Å². The fraction of sp³-hybridized carbons (Fsp3) is 0.125. The predicted octanol–water partition coefficient (Wildman–Crippen LogP) is 6.13. The second-order valence-corrected chi connectivity index (χ2v) is 8.82. The highest BCUT2D eigenvalue weighted by Gasteiger charge is 2.25. The highest BCUT2D eigenvalue weighted by Crippen LogP contribution is 2.24. The Bertz CT molecular complexity index is 1330. The molecule has 4 rings (SSSR count). The maximum absolute atomic E-state index is 12.8. The lowest BCUT2D eigenvalue weighted by atomic mass is 9.95. The van der Waals surface area contributed by atoms with Crippen LogP contribution in [-0.2, 0) is 14.3 Å². The Labute approximate surface area is 215 Å². The molecule has 5 nitrogen and oxygen atoms in total. The summed E-state index contributed by atoms with van der Waals surface area (Å²) < 4.78 is 5.21. The highest BCUT2D eigenvalue weighted by molar-refractivity contribution is 6.09. The minimum absolute atomic E-state index is 0.155. The average Bonchev–Trinajstić information content (AvgIpc) is 2.96. The van der Waals surface area contributed by atoms with Gasteiger partial charge in [-0.25, -0.2) is 0 Å². The first-order valence-corrected chi connectivity index (χ1v) is 12.0. The zero-order valence-corrected chi connectivity index (χ0v) is 20.6. The molecule has 2 unspecified atom stereocenters. The molecule has 0 radical (unpaired) electrons. The number of carbonyl (C=O) groups is 4. The van der Waals surface area contributed by atoms with Gasteiger partial charge in [0.15, 0.2) is 11.6 Å². The minimum Gasteiger partial charge on any atom is -0.392 e. The summed E-state index contributed by atoms with van der Waals surface area (Å²) in [7, 11) is 0. The van der Waals surface area contributed by atoms with Crippen LogP contribution in [0, 0.1) is 0 Å². The van der Waals surface area contributed by atoms with Gasteiger partial charge < -0.3 is 4.74 Å². The minimum atomic E-state index is -0.759. The quantitative estimate of drug-likeness (QED) is 0.169. The van der Waals surface area contributed by atoms with Crippen molar-refractivity contribution >= 4 is 23.5 Å². The van der Waals surface area contributed by atoms with Crippen LogP contribution in [0.3, 0.4) is 0 Å². The van der Waals surface area contributed by atoms with Gasteiger partial charge in [0.1, 0.15) is 0 Å². The molecule has 0 fully saturated rings. The maximum atomic E-state index is 12.8. The van der Waals surface area contributed by atoms with Crippen molar-refractivity contribution < 1.29 is 23.9 Å². The molecule has 0 bridgehead atoms. The van der Waals surface area contributed by atoms with Crippen molar-refractivity contribution in [1.29, 1.82) is 0 Å². The Balaban J connectivity index is 1.44. The van der Waals surface area contributed by atoms with Crippen LogP contribution in [0.4, 0.5) is 0 Å². The first kappa shape index (κ1) is 25.5. The third-order valence-corrected chi connectivity index (χ3v) is 6.28. The van der Waals surface area contributed by atoms with Crippen molar-refractivity contribution in [2.45, 2.75) is 25.7 Å². The van der Waals surface area contributed by atoms with Gasteiger partial charge in [0.2, 0.25) is 0 Å². The number of rotatable bonds is 8. The van der Waals surface area contributed by atoms with Crippen LogP contribution in [0.15, 0.2) is 109 Å². The van der Waals surface area contributed by atoms with E-state index in [0.717, 1.165) is 0 Å². The van der Waals surface area contributed by atoms with Crippen LogP contribution >= 0.6 is 0 Å². The molecule has 0 amide bonds. The van der Waals surface area contributed by atoms with Gasteiger partial charge in [-0.3, -0.25) is 19.2 Å². The number of ketones is 2. The maximum Gasteiger partial charge on any atom is 0.320 e. The van der Waals surface area contributed by atoms with Crippen LogP contribution in [0.25, 0.3) is 0 Å². The van der Waals surface area contributed by atoms with Crippen molar-refractivity contribution in [3.05, 3.63) is 143 Å². The van der Waals surface area contributed by atoms with Gasteiger partial charge in [0, 0.05) is 22.3 Å². The normalized spacial score (nSPS) is 12.3. The van der Waals surface area contributed by atoms with Gasteiger partial charge in [-0.2, -0.15) is 0 Å². The van der Waals surface area contributed by atoms with E-state index in [1.165, 1.54) is 0 Å². The van der Waals surface area contributed by atoms with Crippen molar-refractivity contribution in [3.63, 3.8) is 0 Å². The van der Waals surface area contributed by atoms with Crippen LogP contribution in [0.2, 0.25) is 0 Å². The summed E-state index contributed by atoms with van der Waals surface area (Å²) in [4.78, 5) is 51.2. The third-order valence-electron chi connectivity index (χ3n) is 6.28. The number of hydrogen-bond acceptors (Lipinski definition) is 5. The molecule has 0 saturated heterocycles. The van der Waals surface area contributed by atoms with E-state index in [0.29, 0.717) is 33.4 Å². The van der Waals surface area contributed by atoms with E-state index in [1.807, 2.05) is 12.1 Å². The van der Waals surface area contributed by atoms with E-state index in [1.54, 1.807) is 111 Å². The van der Waals surface area contributed by atoms with Crippen molar-refractivity contribution in [1.82, 2.24) is 0 Å². The Hall–Kier alpha value is -4.64. The van der Waals surface area contributed by atoms with Gasteiger partial charge in [0.25, 0.3) is 0 Å². The highest BCUT2D eigenvalue weighted by atomic mass is 16.6. The summed E-state index contributed by atoms with van der Waals surface area (Å²) in [5.74, 6) is -3.25. The van der Waals surface area contributed by atoms with E-state index in [9.17, 15) is 19.2 Å². The summed E-state index contributed by atoms with van der Waals surface area (Å²) in [6, 6.07) is 31.3. The fourth-order valence-electron chi connectivity index (χ4n) is 3.96. The molecule has 0 N–H and O–H groups in total. The molecule has 2 atom stereocenters. The second kappa shape index (κ2) is 11.4. The van der Waals surface area contributed by atoms with Gasteiger partial charge in [-0.05, 0) is 37.1 Å². The Morgan fingerprint density at radius 1 is 0.486 bits per heavy atom. The average molecular weight is 491 g/mol. The lowest BCUT2D eigenvalue weighted by molar-refractivity contribution is -0.161.